The van der Waals surface area contributed by atoms with Crippen LogP contribution in [-0.4, -0.2) is 78.2 Å². The average Bonchev–Trinajstić information content (AvgIpc) is 3.37. The molecule has 0 saturated carbocycles. The topological polar surface area (TPSA) is 68.8 Å². The fraction of sp³-hybridized carbons (Fsp3) is 0.519. The van der Waals surface area contributed by atoms with Gasteiger partial charge in [-0.3, -0.25) is 14.5 Å². The number of carbonyl (C=O) groups is 2. The second-order valence-electron chi connectivity index (χ2n) is 10.0. The van der Waals surface area contributed by atoms with Crippen molar-refractivity contribution >= 4 is 46.7 Å². The lowest BCUT2D eigenvalue weighted by Crippen LogP contribution is -2.52. The van der Waals surface area contributed by atoms with Crippen molar-refractivity contribution in [2.45, 2.75) is 43.0 Å². The van der Waals surface area contributed by atoms with Gasteiger partial charge in [0.25, 0.3) is 5.91 Å². The van der Waals surface area contributed by atoms with E-state index in [2.05, 4.69) is 20.0 Å². The minimum absolute atomic E-state index is 0.207. The monoisotopic (exact) mass is 527 g/mol. The van der Waals surface area contributed by atoms with Crippen LogP contribution in [0.25, 0.3) is 0 Å². The first-order chi connectivity index (χ1) is 17.5. The Labute approximate surface area is 222 Å². The quantitative estimate of drug-likeness (QED) is 0.553. The zero-order valence-electron chi connectivity index (χ0n) is 20.8. The molecule has 192 valence electrons. The number of halogens is 1. The van der Waals surface area contributed by atoms with Crippen molar-refractivity contribution in [2.24, 2.45) is 5.92 Å². The molecule has 1 unspecified atom stereocenters. The second-order valence-corrected chi connectivity index (χ2v) is 11.3. The third-order valence-electron chi connectivity index (χ3n) is 7.73. The second kappa shape index (κ2) is 11.4. The van der Waals surface area contributed by atoms with Gasteiger partial charge in [0, 0.05) is 66.9 Å². The first-order valence-corrected chi connectivity index (χ1v) is 14.5. The average molecular weight is 528 g/mol. The Hall–Kier alpha value is -2.29. The molecule has 1 atom stereocenters. The predicted octanol–water partition coefficient (Wildman–Crippen LogP) is 4.62. The first kappa shape index (κ1) is 25.4. The Balaban J connectivity index is 1.20. The fourth-order valence-electron chi connectivity index (χ4n) is 5.66. The van der Waals surface area contributed by atoms with Crippen molar-refractivity contribution in [1.29, 1.82) is 0 Å². The molecule has 2 amide bonds. The Morgan fingerprint density at radius 1 is 1.11 bits per heavy atom. The molecule has 0 bridgehead atoms. The summed E-state index contributed by atoms with van der Waals surface area (Å²) < 4.78 is 0. The van der Waals surface area contributed by atoms with E-state index in [4.69, 9.17) is 16.6 Å². The number of anilines is 2. The standard InChI is InChI=1S/C27H34ClN5O2S/c1-36-23-16-24(30-27(35)20-4-2-5-21(28)15-20)26(29-17-23)32-10-7-19(8-11-32)14-25(34)33-13-12-31-9-3-6-22(31)18-33/h2,4-5,15-17,19,22H,3,6-14,18H2,1H3,(H,30,35). The summed E-state index contributed by atoms with van der Waals surface area (Å²) in [5, 5.41) is 3.58. The van der Waals surface area contributed by atoms with Gasteiger partial charge >= 0.3 is 0 Å². The molecule has 9 heteroatoms. The molecular formula is C27H34ClN5O2S. The number of nitrogens with zero attached hydrogens (tertiary/aromatic N) is 4. The Kier molecular flexibility index (Phi) is 8.03. The molecule has 3 aliphatic rings. The highest BCUT2D eigenvalue weighted by atomic mass is 35.5. The van der Waals surface area contributed by atoms with E-state index in [-0.39, 0.29) is 5.91 Å². The maximum absolute atomic E-state index is 13.0. The minimum Gasteiger partial charge on any atom is -0.355 e. The van der Waals surface area contributed by atoms with E-state index in [0.29, 0.717) is 40.6 Å². The molecule has 0 radical (unpaired) electrons. The summed E-state index contributed by atoms with van der Waals surface area (Å²) in [7, 11) is 0. The summed E-state index contributed by atoms with van der Waals surface area (Å²) in [6.45, 7) is 5.63. The summed E-state index contributed by atoms with van der Waals surface area (Å²) in [6.07, 6.45) is 8.87. The molecule has 7 nitrogen and oxygen atoms in total. The Bertz CT molecular complexity index is 1110. The van der Waals surface area contributed by atoms with Crippen LogP contribution < -0.4 is 10.2 Å². The molecule has 3 fully saturated rings. The van der Waals surface area contributed by atoms with Crippen molar-refractivity contribution in [3.8, 4) is 0 Å². The lowest BCUT2D eigenvalue weighted by Gasteiger charge is -2.39. The smallest absolute Gasteiger partial charge is 0.255 e. The van der Waals surface area contributed by atoms with E-state index in [1.54, 1.807) is 36.0 Å². The highest BCUT2D eigenvalue weighted by Crippen LogP contribution is 2.32. The van der Waals surface area contributed by atoms with Gasteiger partial charge in [-0.25, -0.2) is 4.98 Å². The van der Waals surface area contributed by atoms with Gasteiger partial charge in [0.2, 0.25) is 5.91 Å². The third kappa shape index (κ3) is 5.82. The van der Waals surface area contributed by atoms with Gasteiger partial charge < -0.3 is 15.1 Å². The zero-order chi connectivity index (χ0) is 25.1. The molecule has 0 aliphatic carbocycles. The summed E-state index contributed by atoms with van der Waals surface area (Å²) in [6, 6.07) is 9.49. The molecule has 3 aliphatic heterocycles. The van der Waals surface area contributed by atoms with Crippen LogP contribution in [0.15, 0.2) is 41.4 Å². The van der Waals surface area contributed by atoms with Crippen LogP contribution >= 0.6 is 23.4 Å². The molecule has 3 saturated heterocycles. The van der Waals surface area contributed by atoms with Gasteiger partial charge in [-0.15, -0.1) is 11.8 Å². The molecule has 1 aromatic heterocycles. The van der Waals surface area contributed by atoms with Crippen molar-refractivity contribution in [2.75, 3.05) is 55.7 Å². The normalized spacial score (nSPS) is 20.9. The van der Waals surface area contributed by atoms with Gasteiger partial charge in [-0.2, -0.15) is 0 Å². The molecule has 5 rings (SSSR count). The van der Waals surface area contributed by atoms with Gasteiger partial charge in [0.1, 0.15) is 0 Å². The molecular weight excluding hydrogens is 494 g/mol. The van der Waals surface area contributed by atoms with Crippen LogP contribution in [-0.2, 0) is 4.79 Å². The van der Waals surface area contributed by atoms with Crippen molar-refractivity contribution in [1.82, 2.24) is 14.8 Å². The van der Waals surface area contributed by atoms with Crippen molar-refractivity contribution < 1.29 is 9.59 Å². The number of aromatic nitrogens is 1. The van der Waals surface area contributed by atoms with Crippen LogP contribution in [0.3, 0.4) is 0 Å². The summed E-state index contributed by atoms with van der Waals surface area (Å²) >= 11 is 7.67. The molecule has 1 N–H and O–H groups in total. The van der Waals surface area contributed by atoms with Gasteiger partial charge in [-0.1, -0.05) is 17.7 Å². The molecule has 0 spiro atoms. The maximum atomic E-state index is 13.0. The van der Waals surface area contributed by atoms with Crippen LogP contribution in [0.1, 0.15) is 42.5 Å². The molecule has 2 aromatic rings. The number of piperidine rings is 1. The fourth-order valence-corrected chi connectivity index (χ4v) is 6.24. The number of thioether (sulfide) groups is 1. The van der Waals surface area contributed by atoms with Crippen LogP contribution in [0.5, 0.6) is 0 Å². The number of pyridine rings is 1. The van der Waals surface area contributed by atoms with E-state index in [9.17, 15) is 9.59 Å². The van der Waals surface area contributed by atoms with Gasteiger partial charge in [-0.05, 0) is 68.7 Å². The SMILES string of the molecule is CSc1cnc(N2CCC(CC(=O)N3CCN4CCCC4C3)CC2)c(NC(=O)c2cccc(Cl)c2)c1. The van der Waals surface area contributed by atoms with E-state index >= 15 is 0 Å². The Morgan fingerprint density at radius 3 is 2.72 bits per heavy atom. The maximum Gasteiger partial charge on any atom is 0.255 e. The lowest BCUT2D eigenvalue weighted by molar-refractivity contribution is -0.135. The van der Waals surface area contributed by atoms with E-state index in [0.717, 1.165) is 56.3 Å². The van der Waals surface area contributed by atoms with Crippen LogP contribution in [0.2, 0.25) is 5.02 Å². The number of amides is 2. The number of nitrogens with one attached hydrogen (secondary N) is 1. The van der Waals surface area contributed by atoms with Crippen LogP contribution in [0, 0.1) is 5.92 Å². The summed E-state index contributed by atoms with van der Waals surface area (Å²) in [5.74, 6) is 1.29. The highest BCUT2D eigenvalue weighted by Gasteiger charge is 2.33. The number of benzene rings is 1. The third-order valence-corrected chi connectivity index (χ3v) is 8.66. The Morgan fingerprint density at radius 2 is 1.94 bits per heavy atom. The number of hydrogen-bond acceptors (Lipinski definition) is 6. The van der Waals surface area contributed by atoms with E-state index < -0.39 is 0 Å². The predicted molar refractivity (Wildman–Crippen MR) is 146 cm³/mol. The highest BCUT2D eigenvalue weighted by molar-refractivity contribution is 7.98. The zero-order valence-corrected chi connectivity index (χ0v) is 22.4. The first-order valence-electron chi connectivity index (χ1n) is 12.9. The van der Waals surface area contributed by atoms with E-state index in [1.807, 2.05) is 18.5 Å². The van der Waals surface area contributed by atoms with Crippen molar-refractivity contribution in [3.63, 3.8) is 0 Å². The summed E-state index contributed by atoms with van der Waals surface area (Å²) in [5.41, 5.74) is 1.22. The van der Waals surface area contributed by atoms with E-state index in [1.165, 1.54) is 19.4 Å². The molecule has 36 heavy (non-hydrogen) atoms. The lowest BCUT2D eigenvalue weighted by atomic mass is 9.92. The van der Waals surface area contributed by atoms with Crippen molar-refractivity contribution in [3.05, 3.63) is 47.1 Å². The number of carbonyl (C=O) groups excluding carboxylic acids is 2. The summed E-state index contributed by atoms with van der Waals surface area (Å²) in [4.78, 5) is 38.5. The molecule has 4 heterocycles. The number of hydrogen-bond donors (Lipinski definition) is 1. The minimum atomic E-state index is -0.207. The number of piperazine rings is 1. The van der Waals surface area contributed by atoms with Gasteiger partial charge in [0.05, 0.1) is 5.69 Å². The number of rotatable bonds is 6. The largest absolute Gasteiger partial charge is 0.355 e. The van der Waals surface area contributed by atoms with Gasteiger partial charge in [0.15, 0.2) is 5.82 Å². The number of fused-ring (bicyclic) bond motifs is 1. The molecule has 1 aromatic carbocycles. The van der Waals surface area contributed by atoms with Crippen LogP contribution in [0.4, 0.5) is 11.5 Å².